The van der Waals surface area contributed by atoms with E-state index in [-0.39, 0.29) is 24.3 Å². The minimum absolute atomic E-state index is 0.0155. The van der Waals surface area contributed by atoms with Gasteiger partial charge < -0.3 is 25.2 Å². The maximum absolute atomic E-state index is 13.1. The molecule has 4 saturated carbocycles. The van der Waals surface area contributed by atoms with Crippen LogP contribution in [0.2, 0.25) is 0 Å². The molecule has 4 fully saturated rings. The summed E-state index contributed by atoms with van der Waals surface area (Å²) in [7, 11) is 0. The number of aromatic amines is 1. The maximum Gasteiger partial charge on any atom is 0.490 e. The van der Waals surface area contributed by atoms with Gasteiger partial charge in [0, 0.05) is 29.8 Å². The number of ether oxygens (including phenoxy) is 2. The van der Waals surface area contributed by atoms with Crippen molar-refractivity contribution in [1.29, 1.82) is 0 Å². The highest BCUT2D eigenvalue weighted by Crippen LogP contribution is 2.57. The van der Waals surface area contributed by atoms with Gasteiger partial charge in [-0.1, -0.05) is 6.08 Å². The molecule has 0 saturated heterocycles. The minimum Gasteiger partial charge on any atom is -0.452 e. The number of carbonyl (C=O) groups is 1. The Morgan fingerprint density at radius 2 is 2.08 bits per heavy atom. The van der Waals surface area contributed by atoms with Crippen LogP contribution in [0.4, 0.5) is 30.8 Å². The van der Waals surface area contributed by atoms with Crippen LogP contribution < -0.4 is 10.6 Å². The number of esters is 1. The number of nitrogens with one attached hydrogen (secondary N) is 3. The van der Waals surface area contributed by atoms with E-state index in [1.165, 1.54) is 0 Å². The number of H-pyrrole nitrogens is 1. The molecule has 1 aliphatic heterocycles. The molecule has 0 radical (unpaired) electrons. The van der Waals surface area contributed by atoms with Crippen molar-refractivity contribution in [2.24, 2.45) is 17.8 Å². The summed E-state index contributed by atoms with van der Waals surface area (Å²) < 4.78 is 49.6. The highest BCUT2D eigenvalue weighted by Gasteiger charge is 2.63. The van der Waals surface area contributed by atoms with Crippen LogP contribution in [0, 0.1) is 24.7 Å². The summed E-state index contributed by atoms with van der Waals surface area (Å²) in [5.41, 5.74) is 1.11. The zero-order valence-corrected chi connectivity index (χ0v) is 20.7. The number of carbonyl (C=O) groups excluding carboxylic acids is 1. The average molecular weight is 535 g/mol. The van der Waals surface area contributed by atoms with Gasteiger partial charge in [-0.3, -0.25) is 5.10 Å². The molecular weight excluding hydrogens is 505 g/mol. The second kappa shape index (κ2) is 9.23. The monoisotopic (exact) mass is 534 g/mol. The first-order chi connectivity index (χ1) is 18.1. The number of aromatic nitrogens is 4. The Morgan fingerprint density at radius 3 is 2.79 bits per heavy atom. The van der Waals surface area contributed by atoms with E-state index in [1.54, 1.807) is 0 Å². The van der Waals surface area contributed by atoms with Crippen LogP contribution in [0.25, 0.3) is 5.57 Å². The SMILES string of the molecule is Cc1cc(Nc2cc(C3=CCOCC3)nc(NC3C4CC5CC3C(OC(=O)C(F)(F)F)C(O)(C5)C4)n2)n[nH]1. The predicted molar refractivity (Wildman–Crippen MR) is 129 cm³/mol. The van der Waals surface area contributed by atoms with E-state index in [1.807, 2.05) is 25.1 Å². The van der Waals surface area contributed by atoms with Crippen molar-refractivity contribution in [2.75, 3.05) is 23.8 Å². The Balaban J connectivity index is 1.31. The molecule has 6 unspecified atom stereocenters. The summed E-state index contributed by atoms with van der Waals surface area (Å²) in [6, 6.07) is 3.29. The second-order valence-corrected chi connectivity index (χ2v) is 10.8. The fraction of sp³-hybridized carbons (Fsp3) is 0.600. The van der Waals surface area contributed by atoms with E-state index in [9.17, 15) is 23.1 Å². The van der Waals surface area contributed by atoms with Crippen molar-refractivity contribution in [2.45, 2.75) is 63.0 Å². The van der Waals surface area contributed by atoms with E-state index in [2.05, 4.69) is 25.8 Å². The molecule has 2 aromatic heterocycles. The van der Waals surface area contributed by atoms with Crippen LogP contribution in [0.3, 0.4) is 0 Å². The van der Waals surface area contributed by atoms with Crippen molar-refractivity contribution in [3.63, 3.8) is 0 Å². The average Bonchev–Trinajstić information content (AvgIpc) is 3.27. The van der Waals surface area contributed by atoms with Crippen LogP contribution in [-0.4, -0.2) is 68.4 Å². The van der Waals surface area contributed by atoms with E-state index >= 15 is 0 Å². The van der Waals surface area contributed by atoms with Gasteiger partial charge in [-0.25, -0.2) is 9.78 Å². The number of aryl methyl sites for hydroxylation is 1. The molecule has 4 bridgehead atoms. The number of anilines is 3. The Morgan fingerprint density at radius 1 is 1.24 bits per heavy atom. The zero-order valence-electron chi connectivity index (χ0n) is 20.7. The lowest BCUT2D eigenvalue weighted by Crippen LogP contribution is -2.68. The van der Waals surface area contributed by atoms with Crippen LogP contribution in [-0.2, 0) is 14.3 Å². The van der Waals surface area contributed by atoms with Gasteiger partial charge in [0.1, 0.15) is 17.5 Å². The molecule has 10 nitrogen and oxygen atoms in total. The summed E-state index contributed by atoms with van der Waals surface area (Å²) in [4.78, 5) is 21.1. The summed E-state index contributed by atoms with van der Waals surface area (Å²) in [5.74, 6) is -1.24. The second-order valence-electron chi connectivity index (χ2n) is 10.8. The molecule has 2 aromatic rings. The summed E-state index contributed by atoms with van der Waals surface area (Å²) in [5, 5.41) is 24.9. The fourth-order valence-electron chi connectivity index (χ4n) is 6.78. The zero-order chi connectivity index (χ0) is 26.7. The molecule has 3 heterocycles. The number of hydrogen-bond donors (Lipinski definition) is 4. The van der Waals surface area contributed by atoms with Gasteiger partial charge in [0.25, 0.3) is 0 Å². The summed E-state index contributed by atoms with van der Waals surface area (Å²) >= 11 is 0. The van der Waals surface area contributed by atoms with Gasteiger partial charge in [-0.2, -0.15) is 23.3 Å². The molecular formula is C25H29F3N6O4. The van der Waals surface area contributed by atoms with Crippen LogP contribution >= 0.6 is 0 Å². The number of nitrogens with zero attached hydrogens (tertiary/aromatic N) is 3. The highest BCUT2D eigenvalue weighted by atomic mass is 19.4. The molecule has 204 valence electrons. The molecule has 38 heavy (non-hydrogen) atoms. The van der Waals surface area contributed by atoms with Crippen molar-refractivity contribution in [3.8, 4) is 0 Å². The maximum atomic E-state index is 13.1. The molecule has 4 aliphatic carbocycles. The van der Waals surface area contributed by atoms with Crippen LogP contribution in [0.15, 0.2) is 18.2 Å². The topological polar surface area (TPSA) is 134 Å². The third-order valence-corrected chi connectivity index (χ3v) is 8.13. The molecule has 13 heteroatoms. The minimum atomic E-state index is -5.13. The van der Waals surface area contributed by atoms with E-state index in [0.717, 1.165) is 17.7 Å². The Hall–Kier alpha value is -3.19. The number of alkyl halides is 3. The molecule has 0 amide bonds. The van der Waals surface area contributed by atoms with Gasteiger partial charge >= 0.3 is 12.1 Å². The fourth-order valence-corrected chi connectivity index (χ4v) is 6.78. The number of halogens is 3. The third-order valence-electron chi connectivity index (χ3n) is 8.13. The Bertz CT molecular complexity index is 1270. The quantitative estimate of drug-likeness (QED) is 0.411. The van der Waals surface area contributed by atoms with Crippen LogP contribution in [0.5, 0.6) is 0 Å². The molecule has 4 N–H and O–H groups in total. The standard InChI is InChI=1S/C25H29F3N6O4/c1-12-6-19(34-33-12)30-18-9-17(14-2-4-37-5-3-14)29-23(31-18)32-20-15-7-13-8-16(20)21(24(36,10-13)11-15)38-22(35)25(26,27)28/h2,6,9,13,15-16,20-21,36H,3-5,7-8,10-11H2,1H3,(H3,29,30,31,32,33,34). The molecule has 0 spiro atoms. The lowest BCUT2D eigenvalue weighted by Gasteiger charge is -2.61. The van der Waals surface area contributed by atoms with Gasteiger partial charge in [0.15, 0.2) is 5.82 Å². The number of aliphatic hydroxyl groups is 1. The Labute approximate surface area is 216 Å². The Kier molecular flexibility index (Phi) is 6.10. The van der Waals surface area contributed by atoms with Crippen LogP contribution in [0.1, 0.15) is 43.5 Å². The normalized spacial score (nSPS) is 32.1. The lowest BCUT2D eigenvalue weighted by atomic mass is 9.51. The lowest BCUT2D eigenvalue weighted by molar-refractivity contribution is -0.249. The first-order valence-corrected chi connectivity index (χ1v) is 12.8. The first kappa shape index (κ1) is 25.1. The predicted octanol–water partition coefficient (Wildman–Crippen LogP) is 3.49. The summed E-state index contributed by atoms with van der Waals surface area (Å²) in [6.07, 6.45) is -1.79. The van der Waals surface area contributed by atoms with Gasteiger partial charge in [-0.05, 0) is 56.4 Å². The third kappa shape index (κ3) is 4.73. The smallest absolute Gasteiger partial charge is 0.452 e. The molecule has 0 aromatic carbocycles. The van der Waals surface area contributed by atoms with Crippen molar-refractivity contribution >= 4 is 29.1 Å². The van der Waals surface area contributed by atoms with Crippen molar-refractivity contribution < 1.29 is 32.5 Å². The van der Waals surface area contributed by atoms with Gasteiger partial charge in [-0.15, -0.1) is 0 Å². The molecule has 6 atom stereocenters. The highest BCUT2D eigenvalue weighted by molar-refractivity contribution is 5.76. The van der Waals surface area contributed by atoms with Gasteiger partial charge in [0.05, 0.1) is 18.9 Å². The molecule has 7 rings (SSSR count). The van der Waals surface area contributed by atoms with E-state index in [0.29, 0.717) is 55.8 Å². The first-order valence-electron chi connectivity index (χ1n) is 12.8. The number of hydrogen-bond acceptors (Lipinski definition) is 9. The largest absolute Gasteiger partial charge is 0.490 e. The summed E-state index contributed by atoms with van der Waals surface area (Å²) in [6.45, 7) is 2.92. The van der Waals surface area contributed by atoms with Crippen molar-refractivity contribution in [1.82, 2.24) is 20.2 Å². The van der Waals surface area contributed by atoms with E-state index in [4.69, 9.17) is 14.5 Å². The van der Waals surface area contributed by atoms with Crippen molar-refractivity contribution in [3.05, 3.63) is 29.6 Å². The number of rotatable bonds is 6. The van der Waals surface area contributed by atoms with E-state index < -0.39 is 29.8 Å². The van der Waals surface area contributed by atoms with Gasteiger partial charge in [0.2, 0.25) is 5.95 Å². The molecule has 5 aliphatic rings.